The van der Waals surface area contributed by atoms with Crippen molar-refractivity contribution < 1.29 is 17.9 Å². The van der Waals surface area contributed by atoms with E-state index in [-0.39, 0.29) is 42.2 Å². The summed E-state index contributed by atoms with van der Waals surface area (Å²) in [6.45, 7) is 0.133. The van der Waals surface area contributed by atoms with Gasteiger partial charge in [0, 0.05) is 0 Å². The maximum atomic E-state index is 12.4. The van der Waals surface area contributed by atoms with Gasteiger partial charge in [0.05, 0.1) is 17.6 Å². The number of halogens is 4. The molecule has 148 valence electrons. The molecule has 6 nitrogen and oxygen atoms in total. The van der Waals surface area contributed by atoms with Crippen molar-refractivity contribution in [3.05, 3.63) is 66.6 Å². The van der Waals surface area contributed by atoms with Crippen molar-refractivity contribution in [3.8, 4) is 17.0 Å². The Kier molecular flexibility index (Phi) is 7.26. The number of imidazole rings is 1. The second kappa shape index (κ2) is 9.44. The molecule has 1 aromatic heterocycles. The first-order valence-corrected chi connectivity index (χ1v) is 7.92. The largest absolute Gasteiger partial charge is 0.573 e. The molecule has 0 atom stereocenters. The van der Waals surface area contributed by atoms with E-state index in [2.05, 4.69) is 25.0 Å². The van der Waals surface area contributed by atoms with E-state index in [1.807, 2.05) is 30.3 Å². The minimum atomic E-state index is -4.80. The van der Waals surface area contributed by atoms with E-state index in [1.54, 1.807) is 12.3 Å². The number of anilines is 1. The summed E-state index contributed by atoms with van der Waals surface area (Å²) < 4.78 is 41.3. The number of ether oxygens (including phenoxy) is 1. The van der Waals surface area contributed by atoms with Crippen molar-refractivity contribution >= 4 is 35.6 Å². The molecule has 2 aromatic carbocycles. The van der Waals surface area contributed by atoms with Crippen LogP contribution < -0.4 is 15.8 Å². The molecule has 3 aromatic rings. The van der Waals surface area contributed by atoms with E-state index in [4.69, 9.17) is 5.73 Å². The highest BCUT2D eigenvalue weighted by Crippen LogP contribution is 2.29. The van der Waals surface area contributed by atoms with Gasteiger partial charge in [0.1, 0.15) is 12.4 Å². The number of H-pyrrole nitrogens is 1. The lowest BCUT2D eigenvalue weighted by atomic mass is 10.2. The second-order valence-electron chi connectivity index (χ2n) is 5.48. The van der Waals surface area contributed by atoms with Gasteiger partial charge in [-0.2, -0.15) is 0 Å². The standard InChI is InChI=1S/C18H16F3N5O.HI/c19-18(20,21)27-15-9-5-4-8-13(15)26-17(22)24-11-16-23-10-14(25-16)12-6-2-1-3-7-12;/h1-10H,11H2,(H,23,25)(H3,22,24,26);1H. The highest BCUT2D eigenvalue weighted by Gasteiger charge is 2.32. The van der Waals surface area contributed by atoms with E-state index in [1.165, 1.54) is 18.2 Å². The molecule has 28 heavy (non-hydrogen) atoms. The van der Waals surface area contributed by atoms with Crippen LogP contribution in [0.3, 0.4) is 0 Å². The number of alkyl halides is 3. The predicted molar refractivity (Wildman–Crippen MR) is 112 cm³/mol. The van der Waals surface area contributed by atoms with Crippen LogP contribution in [0, 0.1) is 0 Å². The van der Waals surface area contributed by atoms with Gasteiger partial charge < -0.3 is 20.8 Å². The zero-order chi connectivity index (χ0) is 19.3. The highest BCUT2D eigenvalue weighted by molar-refractivity contribution is 14.0. The van der Waals surface area contributed by atoms with Crippen LogP contribution in [0.1, 0.15) is 5.82 Å². The number of aliphatic imine (C=N–C) groups is 1. The summed E-state index contributed by atoms with van der Waals surface area (Å²) in [6.07, 6.45) is -3.12. The number of guanidine groups is 1. The number of hydrogen-bond donors (Lipinski definition) is 3. The molecule has 0 aliphatic carbocycles. The Morgan fingerprint density at radius 3 is 2.50 bits per heavy atom. The van der Waals surface area contributed by atoms with Crippen molar-refractivity contribution in [2.24, 2.45) is 10.7 Å². The minimum Gasteiger partial charge on any atom is -0.404 e. The van der Waals surface area contributed by atoms with Crippen molar-refractivity contribution in [1.29, 1.82) is 0 Å². The van der Waals surface area contributed by atoms with Gasteiger partial charge in [-0.3, -0.25) is 0 Å². The molecule has 0 saturated heterocycles. The normalized spacial score (nSPS) is 11.6. The summed E-state index contributed by atoms with van der Waals surface area (Å²) in [5, 5.41) is 2.60. The van der Waals surface area contributed by atoms with Crippen molar-refractivity contribution in [3.63, 3.8) is 0 Å². The van der Waals surface area contributed by atoms with E-state index < -0.39 is 12.1 Å². The van der Waals surface area contributed by atoms with Crippen LogP contribution in [0.25, 0.3) is 11.3 Å². The number of aromatic nitrogens is 2. The number of para-hydroxylation sites is 2. The molecule has 0 aliphatic heterocycles. The molecular weight excluding hydrogens is 486 g/mol. The lowest BCUT2D eigenvalue weighted by Gasteiger charge is -2.14. The van der Waals surface area contributed by atoms with Crippen LogP contribution in [-0.2, 0) is 6.54 Å². The average molecular weight is 503 g/mol. The van der Waals surface area contributed by atoms with E-state index in [0.29, 0.717) is 5.82 Å². The van der Waals surface area contributed by atoms with Gasteiger partial charge in [0.15, 0.2) is 11.7 Å². The van der Waals surface area contributed by atoms with Crippen LogP contribution in [0.4, 0.5) is 18.9 Å². The van der Waals surface area contributed by atoms with Gasteiger partial charge >= 0.3 is 6.36 Å². The summed E-state index contributed by atoms with van der Waals surface area (Å²) in [7, 11) is 0. The highest BCUT2D eigenvalue weighted by atomic mass is 127. The smallest absolute Gasteiger partial charge is 0.404 e. The fraction of sp³-hybridized carbons (Fsp3) is 0.111. The molecule has 0 amide bonds. The Morgan fingerprint density at radius 2 is 1.79 bits per heavy atom. The zero-order valence-corrected chi connectivity index (χ0v) is 16.7. The quantitative estimate of drug-likeness (QED) is 0.272. The molecule has 0 bridgehead atoms. The Hall–Kier alpha value is -2.76. The molecule has 0 spiro atoms. The topological polar surface area (TPSA) is 88.3 Å². The maximum absolute atomic E-state index is 12.4. The predicted octanol–water partition coefficient (Wildman–Crippen LogP) is 4.52. The Bertz CT molecular complexity index is 928. The summed E-state index contributed by atoms with van der Waals surface area (Å²) in [6, 6.07) is 15.2. The van der Waals surface area contributed by atoms with Crippen molar-refractivity contribution in [2.75, 3.05) is 5.32 Å². The number of nitrogens with zero attached hydrogens (tertiary/aromatic N) is 2. The number of benzene rings is 2. The lowest BCUT2D eigenvalue weighted by molar-refractivity contribution is -0.274. The number of aromatic amines is 1. The van der Waals surface area contributed by atoms with Crippen LogP contribution in [0.15, 0.2) is 65.8 Å². The van der Waals surface area contributed by atoms with Crippen LogP contribution >= 0.6 is 24.0 Å². The fourth-order valence-electron chi connectivity index (χ4n) is 2.33. The Balaban J connectivity index is 0.00000280. The van der Waals surface area contributed by atoms with Gasteiger partial charge in [0.2, 0.25) is 0 Å². The molecular formula is C18H17F3IN5O. The summed E-state index contributed by atoms with van der Waals surface area (Å²) in [5.74, 6) is 0.108. The van der Waals surface area contributed by atoms with Crippen LogP contribution in [0.5, 0.6) is 5.75 Å². The van der Waals surface area contributed by atoms with E-state index in [9.17, 15) is 13.2 Å². The SMILES string of the molecule is I.NC(=NCc1ncc(-c2ccccc2)[nH]1)Nc1ccccc1OC(F)(F)F. The number of rotatable bonds is 5. The molecule has 0 radical (unpaired) electrons. The van der Waals surface area contributed by atoms with Gasteiger partial charge in [-0.05, 0) is 17.7 Å². The van der Waals surface area contributed by atoms with Crippen molar-refractivity contribution in [1.82, 2.24) is 9.97 Å². The average Bonchev–Trinajstić information content (AvgIpc) is 3.10. The maximum Gasteiger partial charge on any atom is 0.573 e. The summed E-state index contributed by atoms with van der Waals surface area (Å²) in [5.41, 5.74) is 7.63. The van der Waals surface area contributed by atoms with Crippen LogP contribution in [-0.4, -0.2) is 22.3 Å². The van der Waals surface area contributed by atoms with E-state index >= 15 is 0 Å². The lowest BCUT2D eigenvalue weighted by Crippen LogP contribution is -2.24. The summed E-state index contributed by atoms with van der Waals surface area (Å²) >= 11 is 0. The third kappa shape index (κ3) is 6.15. The molecule has 0 unspecified atom stereocenters. The third-order valence-electron chi connectivity index (χ3n) is 3.49. The Labute approximate surface area is 176 Å². The Morgan fingerprint density at radius 1 is 1.11 bits per heavy atom. The second-order valence-corrected chi connectivity index (χ2v) is 5.48. The van der Waals surface area contributed by atoms with Gasteiger partial charge in [-0.1, -0.05) is 42.5 Å². The number of hydrogen-bond acceptors (Lipinski definition) is 3. The number of nitrogens with one attached hydrogen (secondary N) is 2. The third-order valence-corrected chi connectivity index (χ3v) is 3.49. The molecule has 0 fully saturated rings. The molecule has 1 heterocycles. The molecule has 3 rings (SSSR count). The molecule has 0 saturated carbocycles. The van der Waals surface area contributed by atoms with Crippen molar-refractivity contribution in [2.45, 2.75) is 12.9 Å². The molecule has 0 aliphatic rings. The number of nitrogens with two attached hydrogens (primary N) is 1. The minimum absolute atomic E-state index is 0. The molecule has 10 heteroatoms. The summed E-state index contributed by atoms with van der Waals surface area (Å²) in [4.78, 5) is 11.4. The van der Waals surface area contributed by atoms with Gasteiger partial charge in [-0.25, -0.2) is 9.98 Å². The van der Waals surface area contributed by atoms with Gasteiger partial charge in [-0.15, -0.1) is 37.1 Å². The zero-order valence-electron chi connectivity index (χ0n) is 14.4. The first kappa shape index (κ1) is 21.5. The first-order valence-electron chi connectivity index (χ1n) is 7.92. The first-order chi connectivity index (χ1) is 12.9. The van der Waals surface area contributed by atoms with Gasteiger partial charge in [0.25, 0.3) is 0 Å². The van der Waals surface area contributed by atoms with E-state index in [0.717, 1.165) is 11.3 Å². The van der Waals surface area contributed by atoms with Crippen LogP contribution in [0.2, 0.25) is 0 Å². The molecule has 4 N–H and O–H groups in total. The fourth-order valence-corrected chi connectivity index (χ4v) is 2.33. The monoisotopic (exact) mass is 503 g/mol.